The van der Waals surface area contributed by atoms with E-state index in [4.69, 9.17) is 16.0 Å². The van der Waals surface area contributed by atoms with Crippen LogP contribution in [0.25, 0.3) is 0 Å². The van der Waals surface area contributed by atoms with Crippen molar-refractivity contribution in [2.45, 2.75) is 51.1 Å². The molecule has 2 aromatic rings. The van der Waals surface area contributed by atoms with Gasteiger partial charge in [0.2, 0.25) is 0 Å². The summed E-state index contributed by atoms with van der Waals surface area (Å²) in [5.41, 5.74) is -0.0192. The maximum atomic E-state index is 13.8. The molecule has 1 unspecified atom stereocenters. The van der Waals surface area contributed by atoms with Crippen LogP contribution in [0.15, 0.2) is 40.8 Å². The van der Waals surface area contributed by atoms with Crippen molar-refractivity contribution in [3.05, 3.63) is 58.5 Å². The van der Waals surface area contributed by atoms with Crippen molar-refractivity contribution >= 4 is 23.5 Å². The van der Waals surface area contributed by atoms with Crippen LogP contribution in [0, 0.1) is 18.8 Å². The van der Waals surface area contributed by atoms with Crippen molar-refractivity contribution in [3.63, 3.8) is 0 Å². The zero-order valence-corrected chi connectivity index (χ0v) is 19.2. The second kappa shape index (κ2) is 8.56. The number of nitrogens with one attached hydrogen (secondary N) is 1. The monoisotopic (exact) mass is 455 g/mol. The molecule has 0 bridgehead atoms. The van der Waals surface area contributed by atoms with E-state index in [1.807, 2.05) is 43.3 Å². The molecule has 1 aliphatic carbocycles. The topological polar surface area (TPSA) is 65.8 Å². The molecular formula is C25H30ClN3O3. The lowest BCUT2D eigenvalue weighted by Crippen LogP contribution is -2.57. The van der Waals surface area contributed by atoms with Crippen molar-refractivity contribution in [1.29, 1.82) is 0 Å². The van der Waals surface area contributed by atoms with Crippen molar-refractivity contribution in [2.24, 2.45) is 11.8 Å². The van der Waals surface area contributed by atoms with E-state index in [0.29, 0.717) is 23.9 Å². The molecule has 5 rings (SSSR count). The molecule has 2 saturated heterocycles. The van der Waals surface area contributed by atoms with Gasteiger partial charge in [0.25, 0.3) is 5.91 Å². The Kier molecular flexibility index (Phi) is 5.76. The molecule has 6 nitrogen and oxygen atoms in total. The van der Waals surface area contributed by atoms with Crippen LogP contribution in [0.3, 0.4) is 0 Å². The Balaban J connectivity index is 1.36. The van der Waals surface area contributed by atoms with Crippen molar-refractivity contribution in [3.8, 4) is 0 Å². The molecule has 2 aliphatic heterocycles. The molecule has 1 aromatic carbocycles. The van der Waals surface area contributed by atoms with Crippen LogP contribution < -0.4 is 5.32 Å². The normalized spacial score (nSPS) is 24.9. The van der Waals surface area contributed by atoms with E-state index < -0.39 is 5.54 Å². The van der Waals surface area contributed by atoms with Crippen molar-refractivity contribution in [2.75, 3.05) is 19.6 Å². The summed E-state index contributed by atoms with van der Waals surface area (Å²) in [6.07, 6.45) is 4.31. The van der Waals surface area contributed by atoms with Crippen molar-refractivity contribution < 1.29 is 14.0 Å². The molecular weight excluding hydrogens is 426 g/mol. The molecule has 1 N–H and O–H groups in total. The molecule has 0 spiro atoms. The molecule has 3 amide bonds. The first-order valence-corrected chi connectivity index (χ1v) is 12.0. The second-order valence-electron chi connectivity index (χ2n) is 9.59. The van der Waals surface area contributed by atoms with Crippen LogP contribution in [0.4, 0.5) is 4.79 Å². The number of hydrogen-bond acceptors (Lipinski definition) is 4. The van der Waals surface area contributed by atoms with E-state index >= 15 is 0 Å². The highest BCUT2D eigenvalue weighted by atomic mass is 35.5. The number of urea groups is 1. The fraction of sp³-hybridized carbons (Fsp3) is 0.520. The first kappa shape index (κ1) is 21.5. The third-order valence-electron chi connectivity index (χ3n) is 7.23. The molecule has 3 fully saturated rings. The van der Waals surface area contributed by atoms with Gasteiger partial charge in [-0.3, -0.25) is 14.6 Å². The van der Waals surface area contributed by atoms with Gasteiger partial charge in [-0.25, -0.2) is 4.79 Å². The second-order valence-corrected chi connectivity index (χ2v) is 10.00. The highest BCUT2D eigenvalue weighted by molar-refractivity contribution is 6.31. The minimum Gasteiger partial charge on any atom is -0.465 e. The lowest BCUT2D eigenvalue weighted by molar-refractivity contribution is -0.134. The number of nitrogens with zero attached hydrogens (tertiary/aromatic N) is 2. The zero-order chi connectivity index (χ0) is 22.3. The maximum Gasteiger partial charge on any atom is 0.325 e. The Morgan fingerprint density at radius 1 is 1.09 bits per heavy atom. The Morgan fingerprint density at radius 3 is 2.50 bits per heavy atom. The first-order valence-electron chi connectivity index (χ1n) is 11.6. The SMILES string of the molecule is Cc1ccc(CN2CCC(C3(Cc4ccccc4Cl)NC(=O)N(CC4CC4)C3=O)CC2)o1. The summed E-state index contributed by atoms with van der Waals surface area (Å²) in [5, 5.41) is 3.79. The number of rotatable bonds is 7. The Labute approximate surface area is 193 Å². The molecule has 32 heavy (non-hydrogen) atoms. The molecule has 7 heteroatoms. The number of furan rings is 1. The van der Waals surface area contributed by atoms with Crippen LogP contribution in [0.5, 0.6) is 0 Å². The summed E-state index contributed by atoms with van der Waals surface area (Å²) in [6.45, 7) is 4.98. The molecule has 1 atom stereocenters. The smallest absolute Gasteiger partial charge is 0.325 e. The Bertz CT molecular complexity index is 1010. The van der Waals surface area contributed by atoms with E-state index in [1.165, 1.54) is 4.90 Å². The molecule has 0 radical (unpaired) electrons. The summed E-state index contributed by atoms with van der Waals surface area (Å²) in [4.78, 5) is 30.5. The average Bonchev–Trinajstić information content (AvgIpc) is 3.47. The number of carbonyl (C=O) groups excluding carboxylic acids is 2. The molecule has 1 aromatic heterocycles. The van der Waals surface area contributed by atoms with Gasteiger partial charge in [-0.05, 0) is 81.3 Å². The lowest BCUT2D eigenvalue weighted by Gasteiger charge is -2.41. The van der Waals surface area contributed by atoms with Crippen LogP contribution in [-0.2, 0) is 17.8 Å². The first-order chi connectivity index (χ1) is 15.4. The van der Waals surface area contributed by atoms with E-state index in [2.05, 4.69) is 10.2 Å². The minimum absolute atomic E-state index is 0.0639. The number of carbonyl (C=O) groups is 2. The number of halogens is 1. The predicted molar refractivity (Wildman–Crippen MR) is 122 cm³/mol. The quantitative estimate of drug-likeness (QED) is 0.628. The third-order valence-corrected chi connectivity index (χ3v) is 7.60. The fourth-order valence-corrected chi connectivity index (χ4v) is 5.43. The van der Waals surface area contributed by atoms with Crippen LogP contribution in [-0.4, -0.2) is 46.9 Å². The molecule has 3 heterocycles. The average molecular weight is 456 g/mol. The van der Waals surface area contributed by atoms with Gasteiger partial charge < -0.3 is 9.73 Å². The summed E-state index contributed by atoms with van der Waals surface area (Å²) >= 11 is 6.48. The summed E-state index contributed by atoms with van der Waals surface area (Å²) in [5.74, 6) is 2.33. The van der Waals surface area contributed by atoms with Gasteiger partial charge in [0.1, 0.15) is 17.1 Å². The van der Waals surface area contributed by atoms with Gasteiger partial charge in [0.15, 0.2) is 0 Å². The van der Waals surface area contributed by atoms with Crippen LogP contribution >= 0.6 is 11.6 Å². The number of likely N-dealkylation sites (tertiary alicyclic amines) is 1. The van der Waals surface area contributed by atoms with E-state index in [0.717, 1.165) is 62.4 Å². The Hall–Kier alpha value is -2.31. The summed E-state index contributed by atoms with van der Waals surface area (Å²) in [6, 6.07) is 11.4. The predicted octanol–water partition coefficient (Wildman–Crippen LogP) is 4.40. The van der Waals surface area contributed by atoms with Crippen molar-refractivity contribution in [1.82, 2.24) is 15.1 Å². The van der Waals surface area contributed by atoms with Gasteiger partial charge in [-0.1, -0.05) is 29.8 Å². The Morgan fingerprint density at radius 2 is 1.84 bits per heavy atom. The zero-order valence-electron chi connectivity index (χ0n) is 18.5. The number of piperidine rings is 1. The van der Waals surface area contributed by atoms with Gasteiger partial charge in [-0.2, -0.15) is 0 Å². The molecule has 170 valence electrons. The summed E-state index contributed by atoms with van der Waals surface area (Å²) < 4.78 is 5.74. The van der Waals surface area contributed by atoms with Crippen LogP contribution in [0.1, 0.15) is 42.8 Å². The minimum atomic E-state index is -0.926. The summed E-state index contributed by atoms with van der Waals surface area (Å²) in [7, 11) is 0. The molecule has 3 aliphatic rings. The standard InChI is InChI=1S/C25H30ClN3O3/c1-17-6-9-21(32-17)16-28-12-10-20(11-13-28)25(14-19-4-2-3-5-22(19)26)23(30)29(24(31)27-25)15-18-7-8-18/h2-6,9,18,20H,7-8,10-16H2,1H3,(H,27,31). The van der Waals surface area contributed by atoms with Gasteiger partial charge in [0.05, 0.1) is 6.54 Å². The highest BCUT2D eigenvalue weighted by Crippen LogP contribution is 2.39. The van der Waals surface area contributed by atoms with Gasteiger partial charge >= 0.3 is 6.03 Å². The van der Waals surface area contributed by atoms with E-state index in [9.17, 15) is 9.59 Å². The van der Waals surface area contributed by atoms with Gasteiger partial charge in [0, 0.05) is 18.0 Å². The number of benzene rings is 1. The highest BCUT2D eigenvalue weighted by Gasteiger charge is 2.56. The number of aryl methyl sites for hydroxylation is 1. The molecule has 1 saturated carbocycles. The van der Waals surface area contributed by atoms with Crippen LogP contribution in [0.2, 0.25) is 5.02 Å². The fourth-order valence-electron chi connectivity index (χ4n) is 5.23. The number of amides is 3. The third kappa shape index (κ3) is 4.18. The lowest BCUT2D eigenvalue weighted by atomic mass is 9.74. The van der Waals surface area contributed by atoms with Gasteiger partial charge in [-0.15, -0.1) is 0 Å². The number of imide groups is 1. The maximum absolute atomic E-state index is 13.8. The number of hydrogen-bond donors (Lipinski definition) is 1. The largest absolute Gasteiger partial charge is 0.465 e. The van der Waals surface area contributed by atoms with E-state index in [1.54, 1.807) is 0 Å². The van der Waals surface area contributed by atoms with E-state index in [-0.39, 0.29) is 17.9 Å².